The maximum absolute atomic E-state index is 13.1. The van der Waals surface area contributed by atoms with Gasteiger partial charge in [0, 0.05) is 64.2 Å². The number of aromatic nitrogens is 1. The monoisotopic (exact) mass is 397 g/mol. The number of pyridine rings is 1. The van der Waals surface area contributed by atoms with Gasteiger partial charge in [-0.15, -0.1) is 0 Å². The molecule has 2 aliphatic rings. The zero-order valence-corrected chi connectivity index (χ0v) is 16.9. The first-order chi connectivity index (χ1) is 14.1. The van der Waals surface area contributed by atoms with Gasteiger partial charge in [-0.05, 0) is 43.3 Å². The summed E-state index contributed by atoms with van der Waals surface area (Å²) in [7, 11) is 0. The molecule has 154 valence electrons. The van der Waals surface area contributed by atoms with Crippen molar-refractivity contribution in [3.05, 3.63) is 54.5 Å². The predicted molar refractivity (Wildman–Crippen MR) is 113 cm³/mol. The van der Waals surface area contributed by atoms with Crippen LogP contribution in [0.2, 0.25) is 0 Å². The third-order valence-electron chi connectivity index (χ3n) is 5.98. The normalized spacial score (nSPS) is 19.3. The summed E-state index contributed by atoms with van der Waals surface area (Å²) >= 11 is 0. The average Bonchev–Trinajstić information content (AvgIpc) is 2.79. The second-order valence-corrected chi connectivity index (χ2v) is 7.68. The molecule has 0 saturated carbocycles. The van der Waals surface area contributed by atoms with Crippen LogP contribution in [0.15, 0.2) is 48.7 Å². The third kappa shape index (κ3) is 4.50. The van der Waals surface area contributed by atoms with Crippen LogP contribution in [0.25, 0.3) is 0 Å². The van der Waals surface area contributed by atoms with E-state index in [0.717, 1.165) is 63.9 Å². The van der Waals surface area contributed by atoms with Crippen molar-refractivity contribution in [2.24, 2.45) is 0 Å². The molecule has 7 heteroatoms. The van der Waals surface area contributed by atoms with Crippen molar-refractivity contribution < 1.29 is 9.18 Å². The molecule has 1 amide bonds. The van der Waals surface area contributed by atoms with E-state index in [1.807, 2.05) is 42.2 Å². The number of carbonyl (C=O) groups excluding carboxylic acids is 1. The number of carbonyl (C=O) groups is 1. The van der Waals surface area contributed by atoms with Gasteiger partial charge in [0.2, 0.25) is 5.91 Å². The van der Waals surface area contributed by atoms with Gasteiger partial charge in [0.1, 0.15) is 11.6 Å². The molecule has 29 heavy (non-hydrogen) atoms. The highest BCUT2D eigenvalue weighted by atomic mass is 19.1. The topological polar surface area (TPSA) is 42.9 Å². The van der Waals surface area contributed by atoms with Crippen LogP contribution < -0.4 is 9.80 Å². The molecule has 6 nitrogen and oxygen atoms in total. The number of amides is 1. The number of piperazine rings is 2. The molecule has 1 aromatic heterocycles. The molecule has 1 aromatic carbocycles. The molecule has 1 unspecified atom stereocenters. The smallest absolute Gasteiger partial charge is 0.239 e. The second-order valence-electron chi connectivity index (χ2n) is 7.68. The lowest BCUT2D eigenvalue weighted by molar-refractivity contribution is -0.136. The molecule has 0 N–H and O–H groups in total. The Hall–Kier alpha value is -2.67. The van der Waals surface area contributed by atoms with Gasteiger partial charge in [-0.25, -0.2) is 9.37 Å². The first kappa shape index (κ1) is 19.6. The van der Waals surface area contributed by atoms with E-state index in [-0.39, 0.29) is 17.8 Å². The summed E-state index contributed by atoms with van der Waals surface area (Å²) in [5, 5.41) is 0. The molecule has 0 bridgehead atoms. The third-order valence-corrected chi connectivity index (χ3v) is 5.98. The summed E-state index contributed by atoms with van der Waals surface area (Å²) in [5.41, 5.74) is 1.04. The number of hydrogen-bond acceptors (Lipinski definition) is 5. The van der Waals surface area contributed by atoms with E-state index >= 15 is 0 Å². The van der Waals surface area contributed by atoms with Crippen molar-refractivity contribution in [3.8, 4) is 0 Å². The first-order valence-electron chi connectivity index (χ1n) is 10.3. The van der Waals surface area contributed by atoms with Gasteiger partial charge in [-0.3, -0.25) is 9.69 Å². The van der Waals surface area contributed by atoms with Crippen molar-refractivity contribution in [1.29, 1.82) is 0 Å². The van der Waals surface area contributed by atoms with Crippen molar-refractivity contribution in [1.82, 2.24) is 14.8 Å². The first-order valence-corrected chi connectivity index (χ1v) is 10.3. The van der Waals surface area contributed by atoms with Crippen LogP contribution in [0.5, 0.6) is 0 Å². The Balaban J connectivity index is 1.27. The molecule has 0 aliphatic carbocycles. The van der Waals surface area contributed by atoms with Crippen LogP contribution in [0, 0.1) is 5.82 Å². The maximum Gasteiger partial charge on any atom is 0.239 e. The van der Waals surface area contributed by atoms with Crippen molar-refractivity contribution in [3.63, 3.8) is 0 Å². The fourth-order valence-corrected chi connectivity index (χ4v) is 4.14. The van der Waals surface area contributed by atoms with Gasteiger partial charge in [-0.1, -0.05) is 6.07 Å². The van der Waals surface area contributed by atoms with Crippen LogP contribution >= 0.6 is 0 Å². The maximum atomic E-state index is 13.1. The molecular formula is C22H28FN5O. The SMILES string of the molecule is CC(C(=O)N1CCN(c2ccccn2)CC1)N1CCN(c2ccc(F)cc2)CC1. The largest absolute Gasteiger partial charge is 0.369 e. The van der Waals surface area contributed by atoms with E-state index in [2.05, 4.69) is 19.7 Å². The van der Waals surface area contributed by atoms with Crippen LogP contribution in [0.3, 0.4) is 0 Å². The van der Waals surface area contributed by atoms with E-state index in [9.17, 15) is 9.18 Å². The molecule has 1 atom stereocenters. The summed E-state index contributed by atoms with van der Waals surface area (Å²) in [6.45, 7) is 8.46. The zero-order valence-electron chi connectivity index (χ0n) is 16.9. The van der Waals surface area contributed by atoms with E-state index in [1.165, 1.54) is 12.1 Å². The number of rotatable bonds is 4. The number of halogens is 1. The highest BCUT2D eigenvalue weighted by Crippen LogP contribution is 2.19. The summed E-state index contributed by atoms with van der Waals surface area (Å²) < 4.78 is 13.1. The molecule has 2 saturated heterocycles. The van der Waals surface area contributed by atoms with Gasteiger partial charge in [-0.2, -0.15) is 0 Å². The molecule has 2 aliphatic heterocycles. The minimum atomic E-state index is -0.213. The van der Waals surface area contributed by atoms with Crippen LogP contribution in [0.4, 0.5) is 15.9 Å². The van der Waals surface area contributed by atoms with Crippen molar-refractivity contribution >= 4 is 17.4 Å². The Bertz CT molecular complexity index is 800. The number of nitrogens with zero attached hydrogens (tertiary/aromatic N) is 5. The molecule has 2 fully saturated rings. The van der Waals surface area contributed by atoms with Gasteiger partial charge < -0.3 is 14.7 Å². The summed E-state index contributed by atoms with van der Waals surface area (Å²) in [6.07, 6.45) is 1.81. The Kier molecular flexibility index (Phi) is 5.94. The van der Waals surface area contributed by atoms with E-state index in [4.69, 9.17) is 0 Å². The molecule has 3 heterocycles. The molecule has 0 radical (unpaired) electrons. The standard InChI is InChI=1S/C22H28FN5O/c1-18(25-10-12-26(13-11-25)20-7-5-19(23)6-8-20)22(29)28-16-14-27(15-17-28)21-4-2-3-9-24-21/h2-9,18H,10-17H2,1H3. The van der Waals surface area contributed by atoms with Crippen LogP contribution in [-0.4, -0.2) is 79.1 Å². The summed E-state index contributed by atoms with van der Waals surface area (Å²) in [6, 6.07) is 12.4. The molecule has 4 rings (SSSR count). The summed E-state index contributed by atoms with van der Waals surface area (Å²) in [4.78, 5) is 26.2. The highest BCUT2D eigenvalue weighted by Gasteiger charge is 2.30. The highest BCUT2D eigenvalue weighted by molar-refractivity contribution is 5.81. The number of hydrogen-bond donors (Lipinski definition) is 0. The predicted octanol–water partition coefficient (Wildman–Crippen LogP) is 2.08. The van der Waals surface area contributed by atoms with Crippen molar-refractivity contribution in [2.45, 2.75) is 13.0 Å². The van der Waals surface area contributed by atoms with Gasteiger partial charge in [0.25, 0.3) is 0 Å². The van der Waals surface area contributed by atoms with Gasteiger partial charge >= 0.3 is 0 Å². The lowest BCUT2D eigenvalue weighted by Gasteiger charge is -2.41. The fraction of sp³-hybridized carbons (Fsp3) is 0.455. The van der Waals surface area contributed by atoms with E-state index < -0.39 is 0 Å². The lowest BCUT2D eigenvalue weighted by Crippen LogP contribution is -2.57. The van der Waals surface area contributed by atoms with Crippen molar-refractivity contribution in [2.75, 3.05) is 62.2 Å². The minimum absolute atomic E-state index is 0.119. The average molecular weight is 397 g/mol. The van der Waals surface area contributed by atoms with Crippen LogP contribution in [-0.2, 0) is 4.79 Å². The Morgan fingerprint density at radius 1 is 0.897 bits per heavy atom. The Labute approximate surface area is 171 Å². The zero-order chi connectivity index (χ0) is 20.2. The van der Waals surface area contributed by atoms with Gasteiger partial charge in [0.15, 0.2) is 0 Å². The van der Waals surface area contributed by atoms with E-state index in [0.29, 0.717) is 0 Å². The summed E-state index contributed by atoms with van der Waals surface area (Å²) in [5.74, 6) is 0.972. The number of benzene rings is 1. The van der Waals surface area contributed by atoms with E-state index in [1.54, 1.807) is 6.20 Å². The molecule has 0 spiro atoms. The molecule has 2 aromatic rings. The lowest BCUT2D eigenvalue weighted by atomic mass is 10.1. The quantitative estimate of drug-likeness (QED) is 0.790. The Morgan fingerprint density at radius 3 is 2.17 bits per heavy atom. The minimum Gasteiger partial charge on any atom is -0.369 e. The number of anilines is 2. The Morgan fingerprint density at radius 2 is 1.55 bits per heavy atom. The van der Waals surface area contributed by atoms with Gasteiger partial charge in [0.05, 0.1) is 6.04 Å². The van der Waals surface area contributed by atoms with Crippen LogP contribution in [0.1, 0.15) is 6.92 Å². The second kappa shape index (κ2) is 8.78. The fourth-order valence-electron chi connectivity index (χ4n) is 4.14. The molecular weight excluding hydrogens is 369 g/mol.